The molecule has 1 aromatic rings. The van der Waals surface area contributed by atoms with Crippen LogP contribution in [-0.2, 0) is 5.41 Å². The van der Waals surface area contributed by atoms with Crippen molar-refractivity contribution in [3.63, 3.8) is 0 Å². The van der Waals surface area contributed by atoms with E-state index in [1.165, 1.54) is 0 Å². The molecule has 2 aliphatic rings. The van der Waals surface area contributed by atoms with Crippen molar-refractivity contribution in [2.45, 2.75) is 17.2 Å². The number of benzene rings is 1. The lowest BCUT2D eigenvalue weighted by atomic mass is 9.77. The standard InChI is InChI=1S/C13H9BrCl2O/c1-13-8-5-7(15)6-9(16)12(8)17-11(13)4-2-3-10(13)14/h2-6,10H,1H3. The first-order valence-corrected chi connectivity index (χ1v) is 6.91. The van der Waals surface area contributed by atoms with Crippen LogP contribution in [0.5, 0.6) is 5.75 Å². The molecule has 0 saturated heterocycles. The molecule has 2 unspecified atom stereocenters. The topological polar surface area (TPSA) is 9.23 Å². The van der Waals surface area contributed by atoms with Crippen molar-refractivity contribution in [2.24, 2.45) is 0 Å². The summed E-state index contributed by atoms with van der Waals surface area (Å²) in [5, 5.41) is 1.19. The van der Waals surface area contributed by atoms with Crippen LogP contribution in [0.3, 0.4) is 0 Å². The van der Waals surface area contributed by atoms with Crippen molar-refractivity contribution in [1.82, 2.24) is 0 Å². The van der Waals surface area contributed by atoms with Crippen molar-refractivity contribution < 1.29 is 4.74 Å². The second-order valence-electron chi connectivity index (χ2n) is 4.39. The van der Waals surface area contributed by atoms with Gasteiger partial charge in [-0.05, 0) is 25.1 Å². The van der Waals surface area contributed by atoms with Crippen molar-refractivity contribution in [3.8, 4) is 5.75 Å². The number of alkyl halides is 1. The molecule has 1 aliphatic carbocycles. The zero-order chi connectivity index (χ0) is 12.2. The van der Waals surface area contributed by atoms with E-state index in [9.17, 15) is 0 Å². The highest BCUT2D eigenvalue weighted by atomic mass is 79.9. The minimum Gasteiger partial charge on any atom is -0.459 e. The normalized spacial score (nSPS) is 29.4. The Bertz CT molecular complexity index is 565. The first-order valence-electron chi connectivity index (χ1n) is 5.24. The summed E-state index contributed by atoms with van der Waals surface area (Å²) in [6.45, 7) is 2.13. The van der Waals surface area contributed by atoms with Gasteiger partial charge in [-0.1, -0.05) is 51.3 Å². The lowest BCUT2D eigenvalue weighted by Gasteiger charge is -2.30. The molecule has 2 atom stereocenters. The Hall–Kier alpha value is -0.440. The molecule has 1 nitrogen and oxygen atoms in total. The summed E-state index contributed by atoms with van der Waals surface area (Å²) in [7, 11) is 0. The molecule has 0 fully saturated rings. The van der Waals surface area contributed by atoms with E-state index >= 15 is 0 Å². The zero-order valence-corrected chi connectivity index (χ0v) is 12.1. The Labute approximate surface area is 118 Å². The Morgan fingerprint density at radius 3 is 2.88 bits per heavy atom. The van der Waals surface area contributed by atoms with Crippen LogP contribution in [0.2, 0.25) is 10.0 Å². The average molecular weight is 332 g/mol. The summed E-state index contributed by atoms with van der Waals surface area (Å²) in [6, 6.07) is 3.64. The second-order valence-corrected chi connectivity index (χ2v) is 6.22. The molecular weight excluding hydrogens is 323 g/mol. The second kappa shape index (κ2) is 3.78. The van der Waals surface area contributed by atoms with E-state index < -0.39 is 0 Å². The number of fused-ring (bicyclic) bond motifs is 3. The van der Waals surface area contributed by atoms with Gasteiger partial charge >= 0.3 is 0 Å². The number of hydrogen-bond donors (Lipinski definition) is 0. The fourth-order valence-electron chi connectivity index (χ4n) is 2.32. The average Bonchev–Trinajstić information content (AvgIpc) is 2.55. The first-order chi connectivity index (χ1) is 8.03. The Balaban J connectivity index is 2.28. The minimum atomic E-state index is -0.237. The van der Waals surface area contributed by atoms with Gasteiger partial charge in [-0.15, -0.1) is 0 Å². The van der Waals surface area contributed by atoms with E-state index in [4.69, 9.17) is 27.9 Å². The summed E-state index contributed by atoms with van der Waals surface area (Å²) in [4.78, 5) is 0.172. The Morgan fingerprint density at radius 1 is 1.35 bits per heavy atom. The third kappa shape index (κ3) is 1.51. The number of allylic oxidation sites excluding steroid dienone is 4. The van der Waals surface area contributed by atoms with Gasteiger partial charge in [-0.2, -0.15) is 0 Å². The maximum atomic E-state index is 6.18. The van der Waals surface area contributed by atoms with Crippen LogP contribution in [0.4, 0.5) is 0 Å². The smallest absolute Gasteiger partial charge is 0.149 e. The highest BCUT2D eigenvalue weighted by molar-refractivity contribution is 9.09. The molecule has 0 N–H and O–H groups in total. The van der Waals surface area contributed by atoms with Gasteiger partial charge in [0.1, 0.15) is 11.5 Å². The predicted octanol–water partition coefficient (Wildman–Crippen LogP) is 4.86. The van der Waals surface area contributed by atoms with Crippen molar-refractivity contribution in [3.05, 3.63) is 51.7 Å². The quantitative estimate of drug-likeness (QED) is 0.617. The van der Waals surface area contributed by atoms with Gasteiger partial charge in [0.05, 0.1) is 10.4 Å². The van der Waals surface area contributed by atoms with E-state index in [2.05, 4.69) is 28.9 Å². The van der Waals surface area contributed by atoms with E-state index in [0.717, 1.165) is 17.1 Å². The number of halogens is 3. The van der Waals surface area contributed by atoms with Crippen LogP contribution in [0, 0.1) is 0 Å². The fraction of sp³-hybridized carbons (Fsp3) is 0.231. The molecule has 0 bridgehead atoms. The number of ether oxygens (including phenoxy) is 1. The maximum absolute atomic E-state index is 6.18. The molecule has 0 spiro atoms. The molecule has 0 amide bonds. The van der Waals surface area contributed by atoms with Crippen LogP contribution in [-0.4, -0.2) is 4.83 Å². The summed E-state index contributed by atoms with van der Waals surface area (Å²) >= 11 is 15.9. The van der Waals surface area contributed by atoms with E-state index in [1.54, 1.807) is 6.07 Å². The molecule has 88 valence electrons. The van der Waals surface area contributed by atoms with Crippen LogP contribution in [0.1, 0.15) is 12.5 Å². The lowest BCUT2D eigenvalue weighted by molar-refractivity contribution is 0.382. The summed E-state index contributed by atoms with van der Waals surface area (Å²) in [6.07, 6.45) is 6.05. The molecule has 0 radical (unpaired) electrons. The third-order valence-corrected chi connectivity index (χ3v) is 5.09. The molecular formula is C13H9BrCl2O. The van der Waals surface area contributed by atoms with Crippen LogP contribution in [0.15, 0.2) is 36.1 Å². The molecule has 4 heteroatoms. The Kier molecular flexibility index (Phi) is 2.58. The fourth-order valence-corrected chi connectivity index (χ4v) is 3.50. The van der Waals surface area contributed by atoms with Gasteiger partial charge in [0.2, 0.25) is 0 Å². The zero-order valence-electron chi connectivity index (χ0n) is 9.01. The number of hydrogen-bond acceptors (Lipinski definition) is 1. The summed E-state index contributed by atoms with van der Waals surface area (Å²) in [5.74, 6) is 1.62. The van der Waals surface area contributed by atoms with Gasteiger partial charge < -0.3 is 4.74 Å². The minimum absolute atomic E-state index is 0.172. The maximum Gasteiger partial charge on any atom is 0.149 e. The molecule has 0 aromatic heterocycles. The largest absolute Gasteiger partial charge is 0.459 e. The van der Waals surface area contributed by atoms with E-state index in [1.807, 2.05) is 18.2 Å². The number of rotatable bonds is 0. The van der Waals surface area contributed by atoms with Crippen molar-refractivity contribution in [1.29, 1.82) is 0 Å². The van der Waals surface area contributed by atoms with Crippen molar-refractivity contribution in [2.75, 3.05) is 0 Å². The van der Waals surface area contributed by atoms with Crippen LogP contribution < -0.4 is 4.74 Å². The SMILES string of the molecule is CC12C(=CC=CC1Br)Oc1c(Cl)cc(Cl)cc12. The predicted molar refractivity (Wildman–Crippen MR) is 74.4 cm³/mol. The lowest BCUT2D eigenvalue weighted by Crippen LogP contribution is -2.33. The Morgan fingerprint density at radius 2 is 2.12 bits per heavy atom. The van der Waals surface area contributed by atoms with Gasteiger partial charge in [0, 0.05) is 15.4 Å². The van der Waals surface area contributed by atoms with Crippen LogP contribution >= 0.6 is 39.1 Å². The summed E-state index contributed by atoms with van der Waals surface area (Å²) in [5.41, 5.74) is 0.797. The summed E-state index contributed by atoms with van der Waals surface area (Å²) < 4.78 is 5.86. The molecule has 0 saturated carbocycles. The van der Waals surface area contributed by atoms with E-state index in [-0.39, 0.29) is 10.2 Å². The van der Waals surface area contributed by atoms with Gasteiger partial charge in [-0.3, -0.25) is 0 Å². The van der Waals surface area contributed by atoms with Gasteiger partial charge in [0.25, 0.3) is 0 Å². The first kappa shape index (κ1) is 11.6. The molecule has 3 rings (SSSR count). The monoisotopic (exact) mass is 330 g/mol. The molecule has 1 heterocycles. The van der Waals surface area contributed by atoms with E-state index in [0.29, 0.717) is 10.0 Å². The highest BCUT2D eigenvalue weighted by Gasteiger charge is 2.47. The van der Waals surface area contributed by atoms with Crippen molar-refractivity contribution >= 4 is 39.1 Å². The van der Waals surface area contributed by atoms with Gasteiger partial charge in [0.15, 0.2) is 0 Å². The molecule has 1 aliphatic heterocycles. The third-order valence-electron chi connectivity index (χ3n) is 3.37. The van der Waals surface area contributed by atoms with Gasteiger partial charge in [-0.25, -0.2) is 0 Å². The van der Waals surface area contributed by atoms with Crippen LogP contribution in [0.25, 0.3) is 0 Å². The highest BCUT2D eigenvalue weighted by Crippen LogP contribution is 2.54. The molecule has 1 aromatic carbocycles. The molecule has 17 heavy (non-hydrogen) atoms.